The fraction of sp³-hybridized carbons (Fsp3) is 0.262. The van der Waals surface area contributed by atoms with Crippen LogP contribution in [0.1, 0.15) is 59.0 Å². The van der Waals surface area contributed by atoms with Crippen LogP contribution in [0.15, 0.2) is 116 Å². The van der Waals surface area contributed by atoms with Crippen molar-refractivity contribution in [2.45, 2.75) is 52.2 Å². The zero-order chi connectivity index (χ0) is 35.4. The van der Waals surface area contributed by atoms with E-state index >= 15 is 0 Å². The maximum atomic E-state index is 13.9. The summed E-state index contributed by atoms with van der Waals surface area (Å²) in [5.41, 5.74) is 6.60. The van der Waals surface area contributed by atoms with Gasteiger partial charge >= 0.3 is 6.03 Å². The number of carbonyl (C=O) groups is 1. The predicted molar refractivity (Wildman–Crippen MR) is 197 cm³/mol. The third-order valence-electron chi connectivity index (χ3n) is 8.63. The second-order valence-corrected chi connectivity index (χ2v) is 12.7. The first-order chi connectivity index (χ1) is 25.0. The Morgan fingerprint density at radius 2 is 1.41 bits per heavy atom. The van der Waals surface area contributed by atoms with E-state index in [2.05, 4.69) is 39.3 Å². The van der Waals surface area contributed by atoms with Gasteiger partial charge in [0.05, 0.1) is 19.2 Å². The molecule has 1 aromatic heterocycles. The molecule has 1 fully saturated rings. The summed E-state index contributed by atoms with van der Waals surface area (Å²) in [6.45, 7) is 6.83. The van der Waals surface area contributed by atoms with Crippen molar-refractivity contribution >= 4 is 6.03 Å². The first-order valence-electron chi connectivity index (χ1n) is 17.3. The largest absolute Gasteiger partial charge is 0.482 e. The van der Waals surface area contributed by atoms with Crippen LogP contribution in [-0.2, 0) is 26.3 Å². The molecule has 2 amide bonds. The minimum absolute atomic E-state index is 0.0160. The van der Waals surface area contributed by atoms with Gasteiger partial charge in [-0.2, -0.15) is 4.98 Å². The van der Waals surface area contributed by atoms with Gasteiger partial charge in [-0.25, -0.2) is 9.78 Å². The molecule has 0 spiro atoms. The lowest BCUT2D eigenvalue weighted by molar-refractivity contribution is 0.171. The standard InChI is InChI=1S/C42H43N5O4/c1-31(2)47-39(37-21-19-33(20-22-37)14-13-32-15-17-34(18-16-32)25-43-23-24-48)27-46(42(47)49)26-38-40(50-28-35-9-5-3-6-10-35)41(45-30-44-38)51-29-36-11-7-4-8-12-36/h3-12,15-22,30-31,39,43,48H,23-29H2,1-2H3. The van der Waals surface area contributed by atoms with Crippen LogP contribution in [0.5, 0.6) is 11.6 Å². The molecule has 0 radical (unpaired) electrons. The van der Waals surface area contributed by atoms with Crippen LogP contribution in [0.2, 0.25) is 0 Å². The number of aliphatic hydroxyl groups is 1. The Balaban J connectivity index is 1.18. The lowest BCUT2D eigenvalue weighted by Gasteiger charge is -2.27. The van der Waals surface area contributed by atoms with Gasteiger partial charge in [0, 0.05) is 36.8 Å². The normalized spacial score (nSPS) is 14.0. The molecule has 9 heteroatoms. The van der Waals surface area contributed by atoms with E-state index in [1.807, 2.05) is 121 Å². The molecule has 0 saturated carbocycles. The quantitative estimate of drug-likeness (QED) is 0.102. The Hall–Kier alpha value is -5.69. The minimum atomic E-state index is -0.143. The van der Waals surface area contributed by atoms with E-state index in [1.54, 1.807) is 0 Å². The molecule has 1 saturated heterocycles. The van der Waals surface area contributed by atoms with Crippen LogP contribution in [0.4, 0.5) is 4.79 Å². The summed E-state index contributed by atoms with van der Waals surface area (Å²) < 4.78 is 12.5. The summed E-state index contributed by atoms with van der Waals surface area (Å²) >= 11 is 0. The van der Waals surface area contributed by atoms with Crippen LogP contribution in [-0.4, -0.2) is 56.6 Å². The van der Waals surface area contributed by atoms with Crippen molar-refractivity contribution in [3.63, 3.8) is 0 Å². The number of rotatable bonds is 14. The summed E-state index contributed by atoms with van der Waals surface area (Å²) in [7, 11) is 0. The van der Waals surface area contributed by atoms with Crippen molar-refractivity contribution in [1.29, 1.82) is 0 Å². The maximum absolute atomic E-state index is 13.9. The number of urea groups is 1. The summed E-state index contributed by atoms with van der Waals surface area (Å²) in [5.74, 6) is 7.28. The van der Waals surface area contributed by atoms with E-state index in [0.29, 0.717) is 50.2 Å². The highest BCUT2D eigenvalue weighted by Crippen LogP contribution is 2.35. The van der Waals surface area contributed by atoms with E-state index < -0.39 is 0 Å². The number of benzene rings is 4. The van der Waals surface area contributed by atoms with Gasteiger partial charge in [-0.1, -0.05) is 96.8 Å². The summed E-state index contributed by atoms with van der Waals surface area (Å²) in [6.07, 6.45) is 1.47. The average Bonchev–Trinajstić information content (AvgIpc) is 3.49. The second-order valence-electron chi connectivity index (χ2n) is 12.7. The Morgan fingerprint density at radius 3 is 2.02 bits per heavy atom. The van der Waals surface area contributed by atoms with E-state index in [4.69, 9.17) is 14.6 Å². The van der Waals surface area contributed by atoms with Gasteiger partial charge in [-0.15, -0.1) is 0 Å². The highest BCUT2D eigenvalue weighted by molar-refractivity contribution is 5.78. The smallest absolute Gasteiger partial charge is 0.321 e. The van der Waals surface area contributed by atoms with Crippen LogP contribution in [0, 0.1) is 11.8 Å². The topological polar surface area (TPSA) is 100 Å². The molecule has 4 aromatic carbocycles. The first-order valence-corrected chi connectivity index (χ1v) is 17.3. The number of aromatic nitrogens is 2. The van der Waals surface area contributed by atoms with Crippen LogP contribution < -0.4 is 14.8 Å². The van der Waals surface area contributed by atoms with Gasteiger partial charge in [0.25, 0.3) is 5.88 Å². The Labute approximate surface area is 299 Å². The highest BCUT2D eigenvalue weighted by Gasteiger charge is 2.40. The molecule has 5 aromatic rings. The molecule has 1 aliphatic heterocycles. The van der Waals surface area contributed by atoms with Crippen molar-refractivity contribution < 1.29 is 19.4 Å². The fourth-order valence-electron chi connectivity index (χ4n) is 5.99. The van der Waals surface area contributed by atoms with E-state index in [0.717, 1.165) is 33.4 Å². The van der Waals surface area contributed by atoms with Gasteiger partial charge < -0.3 is 29.7 Å². The van der Waals surface area contributed by atoms with Gasteiger partial charge in [-0.05, 0) is 60.4 Å². The summed E-state index contributed by atoms with van der Waals surface area (Å²) in [6, 6.07) is 35.8. The highest BCUT2D eigenvalue weighted by atomic mass is 16.5. The number of amides is 2. The number of ether oxygens (including phenoxy) is 2. The van der Waals surface area contributed by atoms with Gasteiger partial charge in [-0.3, -0.25) is 0 Å². The van der Waals surface area contributed by atoms with Gasteiger partial charge in [0.2, 0.25) is 5.75 Å². The molecule has 0 bridgehead atoms. The number of aliphatic hydroxyl groups excluding tert-OH is 1. The fourth-order valence-corrected chi connectivity index (χ4v) is 5.99. The number of hydrogen-bond donors (Lipinski definition) is 2. The van der Waals surface area contributed by atoms with Crippen molar-refractivity contribution in [2.75, 3.05) is 19.7 Å². The summed E-state index contributed by atoms with van der Waals surface area (Å²) in [5, 5.41) is 12.1. The van der Waals surface area contributed by atoms with Crippen LogP contribution in [0.25, 0.3) is 0 Å². The number of nitrogens with zero attached hydrogens (tertiary/aromatic N) is 4. The molecule has 6 rings (SSSR count). The molecule has 0 aliphatic carbocycles. The predicted octanol–water partition coefficient (Wildman–Crippen LogP) is 6.50. The van der Waals surface area contributed by atoms with E-state index in [-0.39, 0.29) is 31.3 Å². The SMILES string of the molecule is CC(C)N1C(=O)N(Cc2ncnc(OCc3ccccc3)c2OCc2ccccc2)CC1c1ccc(C#Cc2ccc(CNCCO)cc2)cc1. The average molecular weight is 682 g/mol. The third-order valence-corrected chi connectivity index (χ3v) is 8.63. The second kappa shape index (κ2) is 17.3. The van der Waals surface area contributed by atoms with Crippen molar-refractivity contribution in [3.8, 4) is 23.5 Å². The van der Waals surface area contributed by atoms with Gasteiger partial charge in [0.15, 0.2) is 0 Å². The molecule has 2 heterocycles. The molecular formula is C42H43N5O4. The van der Waals surface area contributed by atoms with Crippen molar-refractivity contribution in [2.24, 2.45) is 0 Å². The van der Waals surface area contributed by atoms with Crippen molar-refractivity contribution in [3.05, 3.63) is 155 Å². The van der Waals surface area contributed by atoms with E-state index in [1.165, 1.54) is 6.33 Å². The molecule has 1 unspecified atom stereocenters. The Bertz CT molecular complexity index is 1920. The molecule has 2 N–H and O–H groups in total. The number of hydrogen-bond acceptors (Lipinski definition) is 7. The Kier molecular flexibility index (Phi) is 11.9. The molecule has 51 heavy (non-hydrogen) atoms. The number of carbonyl (C=O) groups excluding carboxylic acids is 1. The summed E-state index contributed by atoms with van der Waals surface area (Å²) in [4.78, 5) is 26.7. The van der Waals surface area contributed by atoms with Gasteiger partial charge in [0.1, 0.15) is 25.2 Å². The minimum Gasteiger partial charge on any atom is -0.482 e. The molecule has 9 nitrogen and oxygen atoms in total. The lowest BCUT2D eigenvalue weighted by Crippen LogP contribution is -2.37. The zero-order valence-corrected chi connectivity index (χ0v) is 29.0. The Morgan fingerprint density at radius 1 is 0.804 bits per heavy atom. The monoisotopic (exact) mass is 681 g/mol. The molecular weight excluding hydrogens is 638 g/mol. The van der Waals surface area contributed by atoms with Crippen molar-refractivity contribution in [1.82, 2.24) is 25.1 Å². The lowest BCUT2D eigenvalue weighted by atomic mass is 10.0. The van der Waals surface area contributed by atoms with Crippen LogP contribution in [0.3, 0.4) is 0 Å². The molecule has 260 valence electrons. The first kappa shape index (κ1) is 35.1. The van der Waals surface area contributed by atoms with Crippen LogP contribution >= 0.6 is 0 Å². The zero-order valence-electron chi connectivity index (χ0n) is 29.0. The molecule has 1 atom stereocenters. The number of nitrogens with one attached hydrogen (secondary N) is 1. The molecule has 1 aliphatic rings. The third kappa shape index (κ3) is 9.31. The van der Waals surface area contributed by atoms with E-state index in [9.17, 15) is 4.79 Å². The maximum Gasteiger partial charge on any atom is 0.321 e.